The molecule has 0 bridgehead atoms. The summed E-state index contributed by atoms with van der Waals surface area (Å²) in [5, 5.41) is 32.2. The third-order valence-electron chi connectivity index (χ3n) is 6.62. The number of nitrogens with zero attached hydrogens (tertiary/aromatic N) is 4. The first-order chi connectivity index (χ1) is 22.4. The van der Waals surface area contributed by atoms with Gasteiger partial charge in [0.15, 0.2) is 0 Å². The quantitative estimate of drug-likeness (QED) is 0.0750. The van der Waals surface area contributed by atoms with Crippen LogP contribution in [0, 0.1) is 11.3 Å². The summed E-state index contributed by atoms with van der Waals surface area (Å²) in [6, 6.07) is 21.7. The number of aliphatic carboxylic acids is 1. The molecule has 4 aromatic rings. The van der Waals surface area contributed by atoms with Crippen molar-refractivity contribution >= 4 is 41.2 Å². The van der Waals surface area contributed by atoms with E-state index in [-0.39, 0.29) is 29.2 Å². The first kappa shape index (κ1) is 33.8. The Hall–Kier alpha value is -6.09. The largest absolute Gasteiger partial charge is 0.481 e. The molecule has 47 heavy (non-hydrogen) atoms. The number of para-hydroxylation sites is 1. The molecule has 3 aromatic carbocycles. The van der Waals surface area contributed by atoms with E-state index in [0.29, 0.717) is 41.8 Å². The lowest BCUT2D eigenvalue weighted by atomic mass is 10.1. The van der Waals surface area contributed by atoms with Crippen molar-refractivity contribution in [2.45, 2.75) is 52.1 Å². The topological polar surface area (TPSA) is 176 Å². The number of amides is 2. The van der Waals surface area contributed by atoms with Crippen LogP contribution in [-0.4, -0.2) is 49.5 Å². The number of hydrogen-bond acceptors (Lipinski definition) is 8. The molecule has 0 aliphatic heterocycles. The van der Waals surface area contributed by atoms with E-state index in [2.05, 4.69) is 20.9 Å². The maximum absolute atomic E-state index is 13.0. The molecule has 1 aromatic heterocycles. The summed E-state index contributed by atoms with van der Waals surface area (Å²) in [5.41, 5.74) is 2.21. The molecule has 12 nitrogen and oxygen atoms in total. The first-order valence-corrected chi connectivity index (χ1v) is 14.8. The lowest BCUT2D eigenvalue weighted by molar-refractivity contribution is -0.137. The van der Waals surface area contributed by atoms with Gasteiger partial charge in [-0.2, -0.15) is 5.26 Å². The van der Waals surface area contributed by atoms with Gasteiger partial charge in [-0.25, -0.2) is 9.48 Å². The minimum atomic E-state index is -0.823. The van der Waals surface area contributed by atoms with Gasteiger partial charge in [0.1, 0.15) is 17.2 Å². The number of anilines is 2. The van der Waals surface area contributed by atoms with Crippen LogP contribution in [0.15, 0.2) is 84.6 Å². The molecule has 0 aliphatic rings. The number of carbonyl (C=O) groups is 4. The van der Waals surface area contributed by atoms with Crippen molar-refractivity contribution < 1.29 is 29.0 Å². The maximum atomic E-state index is 13.0. The predicted molar refractivity (Wildman–Crippen MR) is 175 cm³/mol. The number of ether oxygens (including phenoxy) is 1. The highest BCUT2D eigenvalue weighted by atomic mass is 16.6. The molecular formula is C35H34N6O6. The van der Waals surface area contributed by atoms with Crippen molar-refractivity contribution in [2.75, 3.05) is 10.6 Å². The first-order valence-electron chi connectivity index (χ1n) is 14.8. The van der Waals surface area contributed by atoms with E-state index in [0.717, 1.165) is 5.69 Å². The molecule has 0 saturated heterocycles. The van der Waals surface area contributed by atoms with Gasteiger partial charge in [0.2, 0.25) is 0 Å². The van der Waals surface area contributed by atoms with Gasteiger partial charge >= 0.3 is 11.9 Å². The highest BCUT2D eigenvalue weighted by Gasteiger charge is 2.21. The Kier molecular flexibility index (Phi) is 11.0. The summed E-state index contributed by atoms with van der Waals surface area (Å²) in [5.74, 6) is -2.51. The molecule has 2 amide bonds. The summed E-state index contributed by atoms with van der Waals surface area (Å²) in [6.07, 6.45) is 5.14. The highest BCUT2D eigenvalue weighted by Crippen LogP contribution is 2.21. The van der Waals surface area contributed by atoms with Gasteiger partial charge in [0.05, 0.1) is 28.8 Å². The van der Waals surface area contributed by atoms with Crippen molar-refractivity contribution in [3.63, 3.8) is 0 Å². The highest BCUT2D eigenvalue weighted by molar-refractivity contribution is 6.12. The van der Waals surface area contributed by atoms with Crippen LogP contribution in [-0.2, 0) is 20.7 Å². The van der Waals surface area contributed by atoms with Crippen molar-refractivity contribution in [3.8, 4) is 11.8 Å². The summed E-state index contributed by atoms with van der Waals surface area (Å²) < 4.78 is 7.01. The second-order valence-electron chi connectivity index (χ2n) is 11.6. The van der Waals surface area contributed by atoms with Crippen LogP contribution in [0.2, 0.25) is 0 Å². The molecule has 12 heteroatoms. The van der Waals surface area contributed by atoms with Crippen LogP contribution in [0.25, 0.3) is 11.8 Å². The average molecular weight is 635 g/mol. The Morgan fingerprint density at radius 3 is 2.43 bits per heavy atom. The molecule has 1 heterocycles. The molecule has 0 saturated carbocycles. The lowest BCUT2D eigenvalue weighted by Gasteiger charge is -2.20. The number of aryl methyl sites for hydroxylation is 1. The van der Waals surface area contributed by atoms with Gasteiger partial charge in [-0.05, 0) is 100 Å². The summed E-state index contributed by atoms with van der Waals surface area (Å²) in [4.78, 5) is 49.3. The van der Waals surface area contributed by atoms with E-state index >= 15 is 0 Å². The number of nitriles is 1. The number of aromatic nitrogens is 3. The zero-order valence-corrected chi connectivity index (χ0v) is 26.2. The standard InChI is InChI=1S/C35H34N6O6/c1-35(2,3)47-34(46)29-12-5-6-13-30(29)38-33(45)25(21-36)19-23-9-8-11-26(20-23)37-32(44)24-15-17-28(18-16-24)41-22-27(39-40-41)10-4-7-14-31(42)43/h5-6,8-9,11-13,15-20,22H,4,7,10,14H2,1-3H3,(H,37,44)(H,38,45)(H,42,43)/b25-19+. The number of unbranched alkanes of at least 4 members (excludes halogenated alkanes) is 1. The van der Waals surface area contributed by atoms with Crippen LogP contribution in [0.3, 0.4) is 0 Å². The van der Waals surface area contributed by atoms with Crippen LogP contribution in [0.1, 0.15) is 72.0 Å². The Morgan fingerprint density at radius 1 is 0.979 bits per heavy atom. The third kappa shape index (κ3) is 9.95. The Morgan fingerprint density at radius 2 is 1.72 bits per heavy atom. The van der Waals surface area contributed by atoms with Gasteiger partial charge in [-0.1, -0.05) is 29.5 Å². The lowest BCUT2D eigenvalue weighted by Crippen LogP contribution is -2.25. The zero-order valence-electron chi connectivity index (χ0n) is 26.2. The van der Waals surface area contributed by atoms with Crippen molar-refractivity contribution in [3.05, 3.63) is 107 Å². The number of carboxylic acid groups (broad SMARTS) is 1. The number of nitrogens with one attached hydrogen (secondary N) is 2. The second kappa shape index (κ2) is 15.3. The molecule has 4 rings (SSSR count). The summed E-state index contributed by atoms with van der Waals surface area (Å²) in [6.45, 7) is 5.22. The molecule has 0 spiro atoms. The number of hydrogen-bond donors (Lipinski definition) is 3. The van der Waals surface area contributed by atoms with Crippen molar-refractivity contribution in [1.29, 1.82) is 5.26 Å². The van der Waals surface area contributed by atoms with Crippen molar-refractivity contribution in [2.24, 2.45) is 0 Å². The van der Waals surface area contributed by atoms with Crippen LogP contribution >= 0.6 is 0 Å². The SMILES string of the molecule is CC(C)(C)OC(=O)c1ccccc1NC(=O)/C(C#N)=C/c1cccc(NC(=O)c2ccc(-n3cc(CCCCC(=O)O)nn3)cc2)c1. The number of carboxylic acids is 1. The Labute approximate surface area is 271 Å². The summed E-state index contributed by atoms with van der Waals surface area (Å²) >= 11 is 0. The number of esters is 1. The van der Waals surface area contributed by atoms with E-state index in [1.54, 1.807) is 98.4 Å². The van der Waals surface area contributed by atoms with Gasteiger partial charge in [-0.15, -0.1) is 5.10 Å². The van der Waals surface area contributed by atoms with Gasteiger partial charge in [0.25, 0.3) is 11.8 Å². The monoisotopic (exact) mass is 634 g/mol. The normalized spacial score (nSPS) is 11.3. The van der Waals surface area contributed by atoms with E-state index in [1.807, 2.05) is 6.07 Å². The van der Waals surface area contributed by atoms with Crippen molar-refractivity contribution in [1.82, 2.24) is 15.0 Å². The summed E-state index contributed by atoms with van der Waals surface area (Å²) in [7, 11) is 0. The fraction of sp³-hybridized carbons (Fsp3) is 0.229. The molecule has 3 N–H and O–H groups in total. The molecular weight excluding hydrogens is 600 g/mol. The van der Waals surface area contributed by atoms with Gasteiger partial charge < -0.3 is 20.5 Å². The van der Waals surface area contributed by atoms with Crippen LogP contribution in [0.5, 0.6) is 0 Å². The minimum Gasteiger partial charge on any atom is -0.481 e. The fourth-order valence-electron chi connectivity index (χ4n) is 4.40. The predicted octanol–water partition coefficient (Wildman–Crippen LogP) is 5.82. The zero-order chi connectivity index (χ0) is 34.0. The molecule has 240 valence electrons. The number of rotatable bonds is 12. The smallest absolute Gasteiger partial charge is 0.340 e. The number of benzene rings is 3. The van der Waals surface area contributed by atoms with E-state index < -0.39 is 23.4 Å². The Bertz CT molecular complexity index is 1850. The average Bonchev–Trinajstić information content (AvgIpc) is 3.50. The molecule has 0 radical (unpaired) electrons. The van der Waals surface area contributed by atoms with E-state index in [9.17, 15) is 24.4 Å². The van der Waals surface area contributed by atoms with E-state index in [4.69, 9.17) is 9.84 Å². The van der Waals surface area contributed by atoms with Gasteiger partial charge in [-0.3, -0.25) is 14.4 Å². The fourth-order valence-corrected chi connectivity index (χ4v) is 4.40. The molecule has 0 aliphatic carbocycles. The third-order valence-corrected chi connectivity index (χ3v) is 6.62. The number of carbonyl (C=O) groups excluding carboxylic acids is 3. The Balaban J connectivity index is 1.40. The molecule has 0 atom stereocenters. The second-order valence-corrected chi connectivity index (χ2v) is 11.6. The molecule has 0 unspecified atom stereocenters. The molecule has 0 fully saturated rings. The van der Waals surface area contributed by atoms with E-state index in [1.165, 1.54) is 12.1 Å². The van der Waals surface area contributed by atoms with Crippen LogP contribution < -0.4 is 10.6 Å². The van der Waals surface area contributed by atoms with Gasteiger partial charge in [0, 0.05) is 17.7 Å². The van der Waals surface area contributed by atoms with Crippen LogP contribution in [0.4, 0.5) is 11.4 Å². The maximum Gasteiger partial charge on any atom is 0.340 e. The minimum absolute atomic E-state index is 0.116.